The van der Waals surface area contributed by atoms with Crippen molar-refractivity contribution in [3.8, 4) is 5.88 Å². The highest BCUT2D eigenvalue weighted by molar-refractivity contribution is 7.99. The van der Waals surface area contributed by atoms with E-state index in [0.717, 1.165) is 9.92 Å². The van der Waals surface area contributed by atoms with Gasteiger partial charge in [0.1, 0.15) is 5.03 Å². The molecule has 0 unspecified atom stereocenters. The number of methoxy groups -OCH3 is 1. The maximum Gasteiger partial charge on any atom is 0.237 e. The molecule has 6 heteroatoms. The van der Waals surface area contributed by atoms with Crippen LogP contribution in [0.3, 0.4) is 0 Å². The molecule has 94 valence electrons. The molecular weight excluding hydrogens is 291 g/mol. The van der Waals surface area contributed by atoms with Gasteiger partial charge in [0.2, 0.25) is 5.88 Å². The van der Waals surface area contributed by atoms with Gasteiger partial charge < -0.3 is 10.5 Å². The van der Waals surface area contributed by atoms with E-state index < -0.39 is 0 Å². The molecule has 0 spiro atoms. The highest BCUT2D eigenvalue weighted by atomic mass is 35.5. The molecule has 2 N–H and O–H groups in total. The molecule has 1 aromatic carbocycles. The van der Waals surface area contributed by atoms with Crippen LogP contribution in [0.5, 0.6) is 5.88 Å². The number of hydrogen-bond donors (Lipinski definition) is 1. The Labute approximate surface area is 119 Å². The fraction of sp³-hybridized carbons (Fsp3) is 0.0833. The Hall–Kier alpha value is -1.10. The van der Waals surface area contributed by atoms with Gasteiger partial charge in [0.25, 0.3) is 0 Å². The van der Waals surface area contributed by atoms with Crippen LogP contribution >= 0.6 is 35.0 Å². The average molecular weight is 301 g/mol. The molecule has 18 heavy (non-hydrogen) atoms. The predicted molar refractivity (Wildman–Crippen MR) is 75.8 cm³/mol. The fourth-order valence-electron chi connectivity index (χ4n) is 1.32. The highest BCUT2D eigenvalue weighted by Crippen LogP contribution is 2.35. The summed E-state index contributed by atoms with van der Waals surface area (Å²) in [5, 5.41) is 2.00. The third-order valence-corrected chi connectivity index (χ3v) is 3.84. The van der Waals surface area contributed by atoms with E-state index in [1.54, 1.807) is 30.3 Å². The van der Waals surface area contributed by atoms with Gasteiger partial charge in [0.15, 0.2) is 0 Å². The minimum absolute atomic E-state index is 0.401. The summed E-state index contributed by atoms with van der Waals surface area (Å²) in [6, 6.07) is 8.83. The molecule has 0 aliphatic heterocycles. The average Bonchev–Trinajstić information content (AvgIpc) is 2.36. The SMILES string of the molecule is COc1nc(Sc2cc(Cl)ccc2Cl)ccc1N. The van der Waals surface area contributed by atoms with E-state index >= 15 is 0 Å². The van der Waals surface area contributed by atoms with Crippen LogP contribution < -0.4 is 10.5 Å². The summed E-state index contributed by atoms with van der Waals surface area (Å²) < 4.78 is 5.07. The van der Waals surface area contributed by atoms with Crippen molar-refractivity contribution in [1.82, 2.24) is 4.98 Å². The summed E-state index contributed by atoms with van der Waals surface area (Å²) in [4.78, 5) is 5.11. The molecule has 3 nitrogen and oxygen atoms in total. The number of anilines is 1. The van der Waals surface area contributed by atoms with Gasteiger partial charge in [-0.25, -0.2) is 4.98 Å². The van der Waals surface area contributed by atoms with Crippen molar-refractivity contribution in [2.75, 3.05) is 12.8 Å². The lowest BCUT2D eigenvalue weighted by Crippen LogP contribution is -1.95. The molecular formula is C12H10Cl2N2OS. The summed E-state index contributed by atoms with van der Waals surface area (Å²) in [5.74, 6) is 0.401. The normalized spacial score (nSPS) is 10.4. The number of aromatic nitrogens is 1. The number of hydrogen-bond acceptors (Lipinski definition) is 4. The predicted octanol–water partition coefficient (Wildman–Crippen LogP) is 4.13. The number of nitrogens with zero attached hydrogens (tertiary/aromatic N) is 1. The number of rotatable bonds is 3. The first-order chi connectivity index (χ1) is 8.60. The van der Waals surface area contributed by atoms with Crippen LogP contribution in [0.2, 0.25) is 10.0 Å². The lowest BCUT2D eigenvalue weighted by atomic mass is 10.4. The number of pyridine rings is 1. The van der Waals surface area contributed by atoms with E-state index in [2.05, 4.69) is 4.98 Å². The topological polar surface area (TPSA) is 48.1 Å². The van der Waals surface area contributed by atoms with Gasteiger partial charge in [0, 0.05) is 9.92 Å². The maximum atomic E-state index is 6.09. The third kappa shape index (κ3) is 3.02. The van der Waals surface area contributed by atoms with Crippen LogP contribution in [-0.4, -0.2) is 12.1 Å². The Morgan fingerprint density at radius 2 is 2.00 bits per heavy atom. The molecule has 2 aromatic rings. The van der Waals surface area contributed by atoms with Crippen molar-refractivity contribution < 1.29 is 4.74 Å². The molecule has 0 amide bonds. The lowest BCUT2D eigenvalue weighted by molar-refractivity contribution is 0.397. The van der Waals surface area contributed by atoms with Crippen LogP contribution in [0.4, 0.5) is 5.69 Å². The summed E-state index contributed by atoms with van der Waals surface area (Å²) in [5.41, 5.74) is 6.20. The number of benzene rings is 1. The molecule has 0 aliphatic carbocycles. The molecule has 0 radical (unpaired) electrons. The zero-order chi connectivity index (χ0) is 13.1. The van der Waals surface area contributed by atoms with Gasteiger partial charge in [-0.15, -0.1) is 0 Å². The zero-order valence-corrected chi connectivity index (χ0v) is 11.8. The second-order valence-electron chi connectivity index (χ2n) is 3.42. The van der Waals surface area contributed by atoms with E-state index in [1.165, 1.54) is 18.9 Å². The number of nitrogen functional groups attached to an aromatic ring is 1. The molecule has 0 atom stereocenters. The Bertz CT molecular complexity index is 578. The van der Waals surface area contributed by atoms with Crippen LogP contribution in [0, 0.1) is 0 Å². The third-order valence-electron chi connectivity index (χ3n) is 2.17. The smallest absolute Gasteiger partial charge is 0.237 e. The summed E-state index contributed by atoms with van der Waals surface area (Å²) >= 11 is 13.4. The monoisotopic (exact) mass is 300 g/mol. The Morgan fingerprint density at radius 3 is 2.72 bits per heavy atom. The van der Waals surface area contributed by atoms with E-state index in [9.17, 15) is 0 Å². The van der Waals surface area contributed by atoms with Crippen molar-refractivity contribution in [1.29, 1.82) is 0 Å². The molecule has 0 saturated heterocycles. The highest BCUT2D eigenvalue weighted by Gasteiger charge is 2.08. The van der Waals surface area contributed by atoms with Crippen LogP contribution in [0.1, 0.15) is 0 Å². The molecule has 1 heterocycles. The van der Waals surface area contributed by atoms with Gasteiger partial charge in [0.05, 0.1) is 17.8 Å². The van der Waals surface area contributed by atoms with Gasteiger partial charge >= 0.3 is 0 Å². The van der Waals surface area contributed by atoms with Crippen molar-refractivity contribution >= 4 is 40.7 Å². The van der Waals surface area contributed by atoms with Crippen molar-refractivity contribution in [3.63, 3.8) is 0 Å². The van der Waals surface area contributed by atoms with Gasteiger partial charge in [-0.2, -0.15) is 0 Å². The molecule has 0 bridgehead atoms. The minimum Gasteiger partial charge on any atom is -0.480 e. The molecule has 0 aliphatic rings. The van der Waals surface area contributed by atoms with E-state index in [1.807, 2.05) is 0 Å². The second kappa shape index (κ2) is 5.69. The van der Waals surface area contributed by atoms with Crippen LogP contribution in [0.25, 0.3) is 0 Å². The Kier molecular flexibility index (Phi) is 4.22. The molecule has 2 rings (SSSR count). The van der Waals surface area contributed by atoms with E-state index in [4.69, 9.17) is 33.7 Å². The van der Waals surface area contributed by atoms with Gasteiger partial charge in [-0.3, -0.25) is 0 Å². The standard InChI is InChI=1S/C12H10Cl2N2OS/c1-17-12-9(15)4-5-11(16-12)18-10-6-7(13)2-3-8(10)14/h2-6H,15H2,1H3. The maximum absolute atomic E-state index is 6.09. The fourth-order valence-corrected chi connectivity index (χ4v) is 2.63. The first kappa shape index (κ1) is 13.3. The van der Waals surface area contributed by atoms with Gasteiger partial charge in [-0.1, -0.05) is 35.0 Å². The van der Waals surface area contributed by atoms with Crippen molar-refractivity contribution in [2.45, 2.75) is 9.92 Å². The first-order valence-electron chi connectivity index (χ1n) is 5.03. The number of halogens is 2. The molecule has 0 saturated carbocycles. The van der Waals surface area contributed by atoms with E-state index in [-0.39, 0.29) is 0 Å². The summed E-state index contributed by atoms with van der Waals surface area (Å²) in [7, 11) is 1.53. The Balaban J connectivity index is 2.31. The van der Waals surface area contributed by atoms with Crippen molar-refractivity contribution in [3.05, 3.63) is 40.4 Å². The Morgan fingerprint density at radius 1 is 1.22 bits per heavy atom. The number of ether oxygens (including phenoxy) is 1. The van der Waals surface area contributed by atoms with Crippen LogP contribution in [0.15, 0.2) is 40.3 Å². The largest absolute Gasteiger partial charge is 0.480 e. The molecule has 1 aromatic heterocycles. The van der Waals surface area contributed by atoms with Crippen molar-refractivity contribution in [2.24, 2.45) is 0 Å². The molecule has 0 fully saturated rings. The van der Waals surface area contributed by atoms with Gasteiger partial charge in [-0.05, 0) is 30.3 Å². The zero-order valence-electron chi connectivity index (χ0n) is 9.48. The first-order valence-corrected chi connectivity index (χ1v) is 6.61. The summed E-state index contributed by atoms with van der Waals surface area (Å²) in [6.45, 7) is 0. The van der Waals surface area contributed by atoms with E-state index in [0.29, 0.717) is 21.6 Å². The van der Waals surface area contributed by atoms with Crippen LogP contribution in [-0.2, 0) is 0 Å². The number of nitrogens with two attached hydrogens (primary N) is 1. The summed E-state index contributed by atoms with van der Waals surface area (Å²) in [6.07, 6.45) is 0. The second-order valence-corrected chi connectivity index (χ2v) is 5.33. The lowest BCUT2D eigenvalue weighted by Gasteiger charge is -2.07. The quantitative estimate of drug-likeness (QED) is 0.926. The minimum atomic E-state index is 0.401.